The zero-order chi connectivity index (χ0) is 9.26. The molecule has 0 radical (unpaired) electrons. The summed E-state index contributed by atoms with van der Waals surface area (Å²) in [5.74, 6) is 2.43. The molecule has 1 nitrogen and oxygen atoms in total. The van der Waals surface area contributed by atoms with E-state index in [0.29, 0.717) is 5.78 Å². The van der Waals surface area contributed by atoms with Crippen molar-refractivity contribution in [3.8, 4) is 0 Å². The molecule has 2 rings (SSSR count). The summed E-state index contributed by atoms with van der Waals surface area (Å²) >= 11 is 6.92. The number of thiophene rings is 1. The van der Waals surface area contributed by atoms with Crippen molar-refractivity contribution in [2.75, 3.05) is 11.5 Å². The normalized spacial score (nSPS) is 22.5. The lowest BCUT2D eigenvalue weighted by molar-refractivity contribution is -0.119. The van der Waals surface area contributed by atoms with Gasteiger partial charge in [0.2, 0.25) is 0 Å². The molecule has 0 saturated carbocycles. The lowest BCUT2D eigenvalue weighted by Gasteiger charge is -2.03. The predicted octanol–water partition coefficient (Wildman–Crippen LogP) is 2.99. The van der Waals surface area contributed by atoms with E-state index < -0.39 is 0 Å². The van der Waals surface area contributed by atoms with Crippen molar-refractivity contribution in [3.05, 3.63) is 20.8 Å². The molecule has 1 aromatic heterocycles. The lowest BCUT2D eigenvalue weighted by Crippen LogP contribution is -2.13. The molecule has 2 heterocycles. The summed E-state index contributed by atoms with van der Waals surface area (Å²) in [5.41, 5.74) is 0. The van der Waals surface area contributed by atoms with E-state index in [9.17, 15) is 4.79 Å². The monoisotopic (exact) mass is 276 g/mol. The van der Waals surface area contributed by atoms with Gasteiger partial charge in [-0.1, -0.05) is 0 Å². The van der Waals surface area contributed by atoms with Crippen molar-refractivity contribution in [1.29, 1.82) is 0 Å². The number of hydrogen-bond acceptors (Lipinski definition) is 3. The molecule has 0 N–H and O–H groups in total. The van der Waals surface area contributed by atoms with Gasteiger partial charge in [0, 0.05) is 16.5 Å². The van der Waals surface area contributed by atoms with Gasteiger partial charge in [-0.15, -0.1) is 11.3 Å². The van der Waals surface area contributed by atoms with E-state index in [1.165, 1.54) is 4.88 Å². The Balaban J connectivity index is 2.01. The van der Waals surface area contributed by atoms with Crippen molar-refractivity contribution in [2.45, 2.75) is 6.42 Å². The van der Waals surface area contributed by atoms with Gasteiger partial charge in [-0.3, -0.25) is 4.79 Å². The second kappa shape index (κ2) is 4.15. The molecule has 1 unspecified atom stereocenters. The van der Waals surface area contributed by atoms with Crippen LogP contribution in [-0.2, 0) is 11.2 Å². The Bertz CT molecular complexity index is 321. The molecule has 1 saturated heterocycles. The summed E-state index contributed by atoms with van der Waals surface area (Å²) in [4.78, 5) is 12.7. The first-order valence-electron chi connectivity index (χ1n) is 4.10. The van der Waals surface area contributed by atoms with Gasteiger partial charge in [0.15, 0.2) is 0 Å². The fourth-order valence-corrected chi connectivity index (χ4v) is 4.10. The fourth-order valence-electron chi connectivity index (χ4n) is 1.39. The van der Waals surface area contributed by atoms with Gasteiger partial charge in [0.25, 0.3) is 0 Å². The Morgan fingerprint density at radius 1 is 1.54 bits per heavy atom. The van der Waals surface area contributed by atoms with Crippen LogP contribution in [0.5, 0.6) is 0 Å². The first kappa shape index (κ1) is 9.74. The standard InChI is InChI=1S/C9H9BrOS2/c10-9-2-1-7(13-9)3-6-4-12-5-8(6)11/h1-2,6H,3-5H2. The van der Waals surface area contributed by atoms with Crippen LogP contribution in [-0.4, -0.2) is 17.3 Å². The van der Waals surface area contributed by atoms with E-state index in [1.54, 1.807) is 23.1 Å². The quantitative estimate of drug-likeness (QED) is 0.826. The largest absolute Gasteiger partial charge is 0.298 e. The average molecular weight is 277 g/mol. The van der Waals surface area contributed by atoms with Crippen LogP contribution in [0.25, 0.3) is 0 Å². The van der Waals surface area contributed by atoms with Crippen LogP contribution in [0.4, 0.5) is 0 Å². The fraction of sp³-hybridized carbons (Fsp3) is 0.444. The van der Waals surface area contributed by atoms with Crippen LogP contribution < -0.4 is 0 Å². The molecule has 4 heteroatoms. The number of carbonyl (C=O) groups excluding carboxylic acids is 1. The SMILES string of the molecule is O=C1CSCC1Cc1ccc(Br)s1. The van der Waals surface area contributed by atoms with Crippen LogP contribution in [0.1, 0.15) is 4.88 Å². The number of thioether (sulfide) groups is 1. The van der Waals surface area contributed by atoms with Crippen molar-refractivity contribution in [3.63, 3.8) is 0 Å². The number of Topliss-reactive ketones (excluding diaryl/α,β-unsaturated/α-hetero) is 1. The highest BCUT2D eigenvalue weighted by Crippen LogP contribution is 2.28. The highest BCUT2D eigenvalue weighted by Gasteiger charge is 2.25. The third kappa shape index (κ3) is 2.36. The summed E-state index contributed by atoms with van der Waals surface area (Å²) in [6.07, 6.45) is 0.933. The summed E-state index contributed by atoms with van der Waals surface area (Å²) < 4.78 is 1.15. The van der Waals surface area contributed by atoms with E-state index in [4.69, 9.17) is 0 Å². The number of ketones is 1. The number of rotatable bonds is 2. The van der Waals surface area contributed by atoms with Crippen LogP contribution in [0.2, 0.25) is 0 Å². The minimum atomic E-state index is 0.274. The van der Waals surface area contributed by atoms with Crippen LogP contribution in [0.3, 0.4) is 0 Å². The number of halogens is 1. The minimum Gasteiger partial charge on any atom is -0.298 e. The smallest absolute Gasteiger partial charge is 0.146 e. The summed E-state index contributed by atoms with van der Waals surface area (Å²) in [7, 11) is 0. The second-order valence-corrected chi connectivity index (χ2v) is 6.67. The van der Waals surface area contributed by atoms with E-state index in [0.717, 1.165) is 21.7 Å². The van der Waals surface area contributed by atoms with Gasteiger partial charge in [-0.2, -0.15) is 11.8 Å². The van der Waals surface area contributed by atoms with Crippen molar-refractivity contribution < 1.29 is 4.79 Å². The Morgan fingerprint density at radius 2 is 2.38 bits per heavy atom. The Kier molecular flexibility index (Phi) is 3.11. The van der Waals surface area contributed by atoms with Gasteiger partial charge in [0.05, 0.1) is 9.54 Å². The first-order valence-corrected chi connectivity index (χ1v) is 6.87. The second-order valence-electron chi connectivity index (χ2n) is 3.09. The number of carbonyl (C=O) groups is 1. The molecule has 0 bridgehead atoms. The predicted molar refractivity (Wildman–Crippen MR) is 61.5 cm³/mol. The van der Waals surface area contributed by atoms with Gasteiger partial charge >= 0.3 is 0 Å². The number of hydrogen-bond donors (Lipinski definition) is 0. The lowest BCUT2D eigenvalue weighted by atomic mass is 10.0. The van der Waals surface area contributed by atoms with E-state index in [2.05, 4.69) is 22.0 Å². The van der Waals surface area contributed by atoms with E-state index in [1.807, 2.05) is 6.07 Å². The molecule has 1 aliphatic rings. The third-order valence-electron chi connectivity index (χ3n) is 2.10. The minimum absolute atomic E-state index is 0.274. The van der Waals surface area contributed by atoms with Gasteiger partial charge in [-0.05, 0) is 34.5 Å². The maximum absolute atomic E-state index is 11.4. The Hall–Kier alpha value is 0.200. The van der Waals surface area contributed by atoms with Gasteiger partial charge < -0.3 is 0 Å². The molecular formula is C9H9BrOS2. The van der Waals surface area contributed by atoms with E-state index >= 15 is 0 Å². The highest BCUT2D eigenvalue weighted by molar-refractivity contribution is 9.11. The van der Waals surface area contributed by atoms with Crippen molar-refractivity contribution in [1.82, 2.24) is 0 Å². The molecular weight excluding hydrogens is 268 g/mol. The maximum atomic E-state index is 11.4. The van der Waals surface area contributed by atoms with Crippen LogP contribution in [0, 0.1) is 5.92 Å². The average Bonchev–Trinajstić information content (AvgIpc) is 2.64. The van der Waals surface area contributed by atoms with Crippen molar-refractivity contribution in [2.24, 2.45) is 5.92 Å². The molecule has 1 aliphatic heterocycles. The molecule has 1 aromatic rings. The molecule has 70 valence electrons. The van der Waals surface area contributed by atoms with Gasteiger partial charge in [-0.25, -0.2) is 0 Å². The topological polar surface area (TPSA) is 17.1 Å². The third-order valence-corrected chi connectivity index (χ3v) is 4.87. The molecule has 0 spiro atoms. The summed E-state index contributed by atoms with van der Waals surface area (Å²) in [5, 5.41) is 0. The summed E-state index contributed by atoms with van der Waals surface area (Å²) in [6, 6.07) is 4.15. The van der Waals surface area contributed by atoms with Gasteiger partial charge in [0.1, 0.15) is 5.78 Å². The maximum Gasteiger partial charge on any atom is 0.146 e. The van der Waals surface area contributed by atoms with Crippen LogP contribution in [0.15, 0.2) is 15.9 Å². The molecule has 13 heavy (non-hydrogen) atoms. The van der Waals surface area contributed by atoms with Crippen molar-refractivity contribution >= 4 is 44.8 Å². The molecule has 1 atom stereocenters. The first-order chi connectivity index (χ1) is 6.25. The molecule has 0 aliphatic carbocycles. The zero-order valence-electron chi connectivity index (χ0n) is 6.96. The Morgan fingerprint density at radius 3 is 2.92 bits per heavy atom. The van der Waals surface area contributed by atoms with E-state index in [-0.39, 0.29) is 5.92 Å². The molecule has 0 amide bonds. The zero-order valence-corrected chi connectivity index (χ0v) is 10.2. The Labute approximate surface area is 94.0 Å². The highest BCUT2D eigenvalue weighted by atomic mass is 79.9. The molecule has 1 fully saturated rings. The summed E-state index contributed by atoms with van der Waals surface area (Å²) in [6.45, 7) is 0. The molecule has 0 aromatic carbocycles. The van der Waals surface area contributed by atoms with Crippen LogP contribution >= 0.6 is 39.0 Å².